The zero-order valence-corrected chi connectivity index (χ0v) is 22.3. The van der Waals surface area contributed by atoms with Gasteiger partial charge in [-0.3, -0.25) is 4.55 Å². The summed E-state index contributed by atoms with van der Waals surface area (Å²) in [5.74, 6) is 0.0952. The van der Waals surface area contributed by atoms with Gasteiger partial charge in [0.1, 0.15) is 16.4 Å². The molecule has 0 amide bonds. The average Bonchev–Trinajstić information content (AvgIpc) is 2.71. The van der Waals surface area contributed by atoms with Crippen LogP contribution in [0.15, 0.2) is 47.4 Å². The van der Waals surface area contributed by atoms with Gasteiger partial charge in [0.2, 0.25) is 0 Å². The summed E-state index contributed by atoms with van der Waals surface area (Å²) in [6.45, 7) is 2.24. The number of ether oxygens (including phenoxy) is 1. The number of aryl methyl sites for hydroxylation is 1. The molecule has 172 valence electrons. The van der Waals surface area contributed by atoms with Gasteiger partial charge in [-0.05, 0) is 42.7 Å². The summed E-state index contributed by atoms with van der Waals surface area (Å²) >= 11 is 0. The van der Waals surface area contributed by atoms with E-state index in [2.05, 4.69) is 6.92 Å². The van der Waals surface area contributed by atoms with E-state index in [1.165, 1.54) is 82.1 Å². The number of para-hydroxylation sites is 1. The summed E-state index contributed by atoms with van der Waals surface area (Å²) in [5.41, 5.74) is 0.878. The van der Waals surface area contributed by atoms with Gasteiger partial charge in [-0.2, -0.15) is 8.42 Å². The molecular weight excluding hydrogens is 435 g/mol. The van der Waals surface area contributed by atoms with Crippen LogP contribution in [-0.4, -0.2) is 13.0 Å². The Morgan fingerprint density at radius 2 is 1.41 bits per heavy atom. The standard InChI is InChI=1S/C25H36O5S.Na/c1-2-3-4-5-6-7-8-9-10-11-12-15-21-18-22(26)20-23(19-21)30-24-16-13-14-17-25(24)31(27,28)29;/h13-14,16-20,26H,2-12,15H2,1H3,(H,27,28,29);/q;+1/p-1. The van der Waals surface area contributed by atoms with Crippen LogP contribution < -0.4 is 39.4 Å². The molecule has 0 fully saturated rings. The topological polar surface area (TPSA) is 86.7 Å². The van der Waals surface area contributed by atoms with E-state index in [1.807, 2.05) is 0 Å². The molecule has 0 spiro atoms. The second-order valence-electron chi connectivity index (χ2n) is 8.12. The smallest absolute Gasteiger partial charge is 0.872 e. The first kappa shape index (κ1) is 29.0. The first-order valence-corrected chi connectivity index (χ1v) is 12.9. The van der Waals surface area contributed by atoms with Crippen molar-refractivity contribution in [3.05, 3.63) is 48.0 Å². The SMILES string of the molecule is CCCCCCCCCCCCCc1cc([O-])cc(Oc2ccccc2S(=O)(=O)O)c1.[Na+]. The van der Waals surface area contributed by atoms with E-state index in [4.69, 9.17) is 4.74 Å². The summed E-state index contributed by atoms with van der Waals surface area (Å²) in [4.78, 5) is -0.321. The van der Waals surface area contributed by atoms with E-state index in [9.17, 15) is 18.1 Å². The normalized spacial score (nSPS) is 11.2. The number of rotatable bonds is 15. The van der Waals surface area contributed by atoms with Crippen LogP contribution in [0.4, 0.5) is 0 Å². The Labute approximate surface area is 215 Å². The molecule has 0 radical (unpaired) electrons. The molecule has 0 aliphatic carbocycles. The minimum atomic E-state index is -4.41. The molecule has 1 N–H and O–H groups in total. The van der Waals surface area contributed by atoms with Crippen molar-refractivity contribution in [1.82, 2.24) is 0 Å². The number of hydrogen-bond donors (Lipinski definition) is 1. The van der Waals surface area contributed by atoms with Gasteiger partial charge in [0.05, 0.1) is 0 Å². The van der Waals surface area contributed by atoms with Crippen molar-refractivity contribution in [1.29, 1.82) is 0 Å². The summed E-state index contributed by atoms with van der Waals surface area (Å²) in [6.07, 6.45) is 14.7. The molecule has 0 aromatic heterocycles. The first-order chi connectivity index (χ1) is 14.9. The molecule has 0 aliphatic rings. The van der Waals surface area contributed by atoms with Crippen molar-refractivity contribution in [2.24, 2.45) is 0 Å². The molecule has 0 atom stereocenters. The fourth-order valence-corrected chi connectivity index (χ4v) is 4.32. The van der Waals surface area contributed by atoms with Crippen LogP contribution in [0.1, 0.15) is 83.1 Å². The Kier molecular flexibility index (Phi) is 14.2. The van der Waals surface area contributed by atoms with Gasteiger partial charge in [0.25, 0.3) is 10.1 Å². The van der Waals surface area contributed by atoms with Crippen molar-refractivity contribution in [2.45, 2.75) is 88.9 Å². The van der Waals surface area contributed by atoms with Crippen LogP contribution >= 0.6 is 0 Å². The van der Waals surface area contributed by atoms with E-state index >= 15 is 0 Å². The molecule has 0 aliphatic heterocycles. The van der Waals surface area contributed by atoms with E-state index in [-0.39, 0.29) is 51.7 Å². The van der Waals surface area contributed by atoms with Gasteiger partial charge in [-0.1, -0.05) is 89.3 Å². The summed E-state index contributed by atoms with van der Waals surface area (Å²) in [5, 5.41) is 12.0. The van der Waals surface area contributed by atoms with E-state index in [0.29, 0.717) is 0 Å². The molecule has 2 rings (SSSR count). The first-order valence-electron chi connectivity index (χ1n) is 11.5. The van der Waals surface area contributed by atoms with Gasteiger partial charge >= 0.3 is 29.6 Å². The fraction of sp³-hybridized carbons (Fsp3) is 0.520. The zero-order chi connectivity index (χ0) is 22.5. The third-order valence-corrected chi connectivity index (χ3v) is 6.26. The number of benzene rings is 2. The molecule has 7 heteroatoms. The fourth-order valence-electron chi connectivity index (χ4n) is 3.70. The van der Waals surface area contributed by atoms with Crippen molar-refractivity contribution >= 4 is 10.1 Å². The maximum atomic E-state index is 12.0. The zero-order valence-electron chi connectivity index (χ0n) is 19.5. The second-order valence-corrected chi connectivity index (χ2v) is 9.51. The van der Waals surface area contributed by atoms with Gasteiger partial charge in [-0.15, -0.1) is 5.75 Å². The molecule has 0 heterocycles. The number of hydrogen-bond acceptors (Lipinski definition) is 4. The van der Waals surface area contributed by atoms with Gasteiger partial charge < -0.3 is 9.84 Å². The summed E-state index contributed by atoms with van der Waals surface area (Å²) in [6, 6.07) is 10.5. The average molecular weight is 471 g/mol. The monoisotopic (exact) mass is 470 g/mol. The van der Waals surface area contributed by atoms with E-state index < -0.39 is 10.1 Å². The predicted molar refractivity (Wildman–Crippen MR) is 122 cm³/mol. The number of unbranched alkanes of at least 4 members (excludes halogenated alkanes) is 10. The maximum absolute atomic E-state index is 12.0. The maximum Gasteiger partial charge on any atom is 1.00 e. The van der Waals surface area contributed by atoms with Gasteiger partial charge in [0, 0.05) is 0 Å². The Morgan fingerprint density at radius 1 is 0.844 bits per heavy atom. The molecule has 5 nitrogen and oxygen atoms in total. The van der Waals surface area contributed by atoms with Crippen molar-refractivity contribution in [3.8, 4) is 17.2 Å². The minimum absolute atomic E-state index is 0. The second kappa shape index (κ2) is 15.7. The van der Waals surface area contributed by atoms with Crippen LogP contribution in [0.5, 0.6) is 17.2 Å². The van der Waals surface area contributed by atoms with Crippen LogP contribution in [0.25, 0.3) is 0 Å². The summed E-state index contributed by atoms with van der Waals surface area (Å²) in [7, 11) is -4.41. The molecule has 0 saturated carbocycles. The minimum Gasteiger partial charge on any atom is -0.872 e. The van der Waals surface area contributed by atoms with Crippen LogP contribution in [-0.2, 0) is 16.5 Å². The van der Waals surface area contributed by atoms with Crippen molar-refractivity contribution in [3.63, 3.8) is 0 Å². The molecule has 2 aromatic carbocycles. The predicted octanol–water partition coefficient (Wildman–Crippen LogP) is 3.66. The van der Waals surface area contributed by atoms with Crippen molar-refractivity contribution < 1.29 is 52.4 Å². The largest absolute Gasteiger partial charge is 1.00 e. The van der Waals surface area contributed by atoms with Crippen LogP contribution in [0.2, 0.25) is 0 Å². The molecule has 2 aromatic rings. The molecule has 0 bridgehead atoms. The van der Waals surface area contributed by atoms with E-state index in [0.717, 1.165) is 24.8 Å². The molecule has 0 unspecified atom stereocenters. The Morgan fingerprint density at radius 3 is 2.00 bits per heavy atom. The summed E-state index contributed by atoms with van der Waals surface area (Å²) < 4.78 is 38.0. The van der Waals surface area contributed by atoms with Crippen LogP contribution in [0.3, 0.4) is 0 Å². The van der Waals surface area contributed by atoms with Crippen molar-refractivity contribution in [2.75, 3.05) is 0 Å². The molecule has 32 heavy (non-hydrogen) atoms. The third kappa shape index (κ3) is 11.2. The van der Waals surface area contributed by atoms with Gasteiger partial charge in [-0.25, -0.2) is 0 Å². The third-order valence-electron chi connectivity index (χ3n) is 5.36. The van der Waals surface area contributed by atoms with Gasteiger partial charge in [0.15, 0.2) is 0 Å². The Hall–Kier alpha value is -1.05. The van der Waals surface area contributed by atoms with E-state index in [1.54, 1.807) is 18.2 Å². The quantitative estimate of drug-likeness (QED) is 0.244. The van der Waals surface area contributed by atoms with Crippen LogP contribution in [0, 0.1) is 0 Å². The molecule has 0 saturated heterocycles. The Bertz CT molecular complexity index is 899. The Balaban J connectivity index is 0.00000512. The molecular formula is C25H35NaO5S.